The van der Waals surface area contributed by atoms with Crippen LogP contribution in [0, 0.1) is 0 Å². The van der Waals surface area contributed by atoms with Gasteiger partial charge in [-0.05, 0) is 19.3 Å². The Morgan fingerprint density at radius 2 is 2.12 bits per heavy atom. The SMILES string of the molecule is FC(F)(F)COCCNCC1CCCCO1. The molecule has 0 bridgehead atoms. The first-order chi connectivity index (χ1) is 7.58. The molecule has 0 aromatic rings. The van der Waals surface area contributed by atoms with E-state index in [-0.39, 0.29) is 12.7 Å². The molecule has 96 valence electrons. The van der Waals surface area contributed by atoms with Gasteiger partial charge in [-0.3, -0.25) is 0 Å². The molecule has 1 N–H and O–H groups in total. The highest BCUT2D eigenvalue weighted by atomic mass is 19.4. The lowest BCUT2D eigenvalue weighted by molar-refractivity contribution is -0.173. The molecular formula is C10H18F3NO2. The fourth-order valence-electron chi connectivity index (χ4n) is 1.56. The molecule has 1 saturated heterocycles. The van der Waals surface area contributed by atoms with E-state index in [1.807, 2.05) is 0 Å². The van der Waals surface area contributed by atoms with Crippen molar-refractivity contribution in [3.8, 4) is 0 Å². The zero-order chi connectivity index (χ0) is 11.9. The molecule has 1 atom stereocenters. The van der Waals surface area contributed by atoms with Crippen molar-refractivity contribution in [3.63, 3.8) is 0 Å². The molecule has 1 heterocycles. The Bertz CT molecular complexity index is 181. The first-order valence-corrected chi connectivity index (χ1v) is 5.55. The summed E-state index contributed by atoms with van der Waals surface area (Å²) in [6, 6.07) is 0. The molecule has 16 heavy (non-hydrogen) atoms. The van der Waals surface area contributed by atoms with Gasteiger partial charge in [0, 0.05) is 19.7 Å². The maximum Gasteiger partial charge on any atom is 0.411 e. The highest BCUT2D eigenvalue weighted by Crippen LogP contribution is 2.14. The molecule has 3 nitrogen and oxygen atoms in total. The van der Waals surface area contributed by atoms with E-state index in [0.29, 0.717) is 13.1 Å². The average molecular weight is 241 g/mol. The van der Waals surface area contributed by atoms with Crippen LogP contribution in [0.5, 0.6) is 0 Å². The van der Waals surface area contributed by atoms with Crippen LogP contribution in [0.3, 0.4) is 0 Å². The number of hydrogen-bond donors (Lipinski definition) is 1. The third-order valence-corrected chi connectivity index (χ3v) is 2.33. The molecule has 0 aromatic heterocycles. The van der Waals surface area contributed by atoms with Gasteiger partial charge in [-0.25, -0.2) is 0 Å². The van der Waals surface area contributed by atoms with E-state index >= 15 is 0 Å². The number of hydrogen-bond acceptors (Lipinski definition) is 3. The Hall–Kier alpha value is -0.330. The summed E-state index contributed by atoms with van der Waals surface area (Å²) in [4.78, 5) is 0. The quantitative estimate of drug-likeness (QED) is 0.718. The molecule has 1 fully saturated rings. The highest BCUT2D eigenvalue weighted by molar-refractivity contribution is 4.66. The largest absolute Gasteiger partial charge is 0.411 e. The van der Waals surface area contributed by atoms with E-state index in [4.69, 9.17) is 4.74 Å². The van der Waals surface area contributed by atoms with Gasteiger partial charge in [-0.2, -0.15) is 13.2 Å². The van der Waals surface area contributed by atoms with E-state index in [0.717, 1.165) is 25.9 Å². The van der Waals surface area contributed by atoms with Crippen molar-refractivity contribution in [2.24, 2.45) is 0 Å². The zero-order valence-electron chi connectivity index (χ0n) is 9.18. The van der Waals surface area contributed by atoms with Crippen molar-refractivity contribution in [3.05, 3.63) is 0 Å². The maximum atomic E-state index is 11.7. The monoisotopic (exact) mass is 241 g/mol. The number of nitrogens with one attached hydrogen (secondary N) is 1. The average Bonchev–Trinajstić information content (AvgIpc) is 2.23. The van der Waals surface area contributed by atoms with Gasteiger partial charge in [0.1, 0.15) is 6.61 Å². The topological polar surface area (TPSA) is 30.5 Å². The molecule has 0 radical (unpaired) electrons. The smallest absolute Gasteiger partial charge is 0.377 e. The highest BCUT2D eigenvalue weighted by Gasteiger charge is 2.27. The minimum atomic E-state index is -4.23. The van der Waals surface area contributed by atoms with E-state index in [9.17, 15) is 13.2 Å². The predicted octanol–water partition coefficient (Wildman–Crippen LogP) is 1.72. The predicted molar refractivity (Wildman–Crippen MR) is 53.3 cm³/mol. The van der Waals surface area contributed by atoms with Crippen molar-refractivity contribution in [2.45, 2.75) is 31.5 Å². The fraction of sp³-hybridized carbons (Fsp3) is 1.00. The number of halogens is 3. The summed E-state index contributed by atoms with van der Waals surface area (Å²) in [5.74, 6) is 0. The van der Waals surface area contributed by atoms with Crippen molar-refractivity contribution < 1.29 is 22.6 Å². The lowest BCUT2D eigenvalue weighted by Gasteiger charge is -2.22. The van der Waals surface area contributed by atoms with Gasteiger partial charge in [-0.15, -0.1) is 0 Å². The first-order valence-electron chi connectivity index (χ1n) is 5.55. The Labute approximate surface area is 93.3 Å². The van der Waals surface area contributed by atoms with E-state index in [1.54, 1.807) is 0 Å². The minimum Gasteiger partial charge on any atom is -0.377 e. The van der Waals surface area contributed by atoms with Crippen LogP contribution in [0.25, 0.3) is 0 Å². The van der Waals surface area contributed by atoms with Crippen LogP contribution < -0.4 is 5.32 Å². The summed E-state index contributed by atoms with van der Waals surface area (Å²) in [7, 11) is 0. The van der Waals surface area contributed by atoms with Crippen LogP contribution in [-0.2, 0) is 9.47 Å². The standard InChI is InChI=1S/C10H18F3NO2/c11-10(12,13)8-15-6-4-14-7-9-3-1-2-5-16-9/h9,14H,1-8H2. The van der Waals surface area contributed by atoms with Gasteiger partial charge in [0.25, 0.3) is 0 Å². The molecule has 0 spiro atoms. The summed E-state index contributed by atoms with van der Waals surface area (Å²) in [5.41, 5.74) is 0. The van der Waals surface area contributed by atoms with Crippen LogP contribution in [0.2, 0.25) is 0 Å². The van der Waals surface area contributed by atoms with Crippen molar-refractivity contribution in [1.82, 2.24) is 5.32 Å². The van der Waals surface area contributed by atoms with Crippen molar-refractivity contribution in [1.29, 1.82) is 0 Å². The fourth-order valence-corrected chi connectivity index (χ4v) is 1.56. The first kappa shape index (κ1) is 13.7. The lowest BCUT2D eigenvalue weighted by Crippen LogP contribution is -2.34. The van der Waals surface area contributed by atoms with E-state index in [1.165, 1.54) is 0 Å². The second kappa shape index (κ2) is 7.09. The second-order valence-corrected chi connectivity index (χ2v) is 3.86. The van der Waals surface area contributed by atoms with Crippen LogP contribution in [0.1, 0.15) is 19.3 Å². The summed E-state index contributed by atoms with van der Waals surface area (Å²) >= 11 is 0. The van der Waals surface area contributed by atoms with Gasteiger partial charge < -0.3 is 14.8 Å². The van der Waals surface area contributed by atoms with Gasteiger partial charge in [0.15, 0.2) is 0 Å². The normalized spacial score (nSPS) is 22.3. The lowest BCUT2D eigenvalue weighted by atomic mass is 10.1. The van der Waals surface area contributed by atoms with Crippen LogP contribution in [0.4, 0.5) is 13.2 Å². The molecule has 1 aliphatic heterocycles. The molecule has 1 aliphatic rings. The Morgan fingerprint density at radius 1 is 1.31 bits per heavy atom. The molecule has 0 aromatic carbocycles. The minimum absolute atomic E-state index is 0.0756. The third-order valence-electron chi connectivity index (χ3n) is 2.33. The number of alkyl halides is 3. The Kier molecular flexibility index (Phi) is 6.08. The summed E-state index contributed by atoms with van der Waals surface area (Å²) < 4.78 is 45.0. The van der Waals surface area contributed by atoms with Crippen molar-refractivity contribution in [2.75, 3.05) is 32.9 Å². The van der Waals surface area contributed by atoms with Crippen LogP contribution in [0.15, 0.2) is 0 Å². The molecule has 0 saturated carbocycles. The summed E-state index contributed by atoms with van der Waals surface area (Å²) in [5, 5.41) is 3.02. The van der Waals surface area contributed by atoms with Gasteiger partial charge >= 0.3 is 6.18 Å². The van der Waals surface area contributed by atoms with Crippen LogP contribution in [-0.4, -0.2) is 45.2 Å². The molecule has 6 heteroatoms. The summed E-state index contributed by atoms with van der Waals surface area (Å²) in [6.07, 6.45) is -0.735. The van der Waals surface area contributed by atoms with E-state index in [2.05, 4.69) is 10.1 Å². The van der Waals surface area contributed by atoms with Crippen LogP contribution >= 0.6 is 0 Å². The Balaban J connectivity index is 1.87. The number of rotatable bonds is 6. The molecular weight excluding hydrogens is 223 g/mol. The van der Waals surface area contributed by atoms with Gasteiger partial charge in [0.2, 0.25) is 0 Å². The maximum absolute atomic E-state index is 11.7. The van der Waals surface area contributed by atoms with Gasteiger partial charge in [0.05, 0.1) is 12.7 Å². The molecule has 0 aliphatic carbocycles. The second-order valence-electron chi connectivity index (χ2n) is 3.86. The molecule has 1 unspecified atom stereocenters. The number of ether oxygens (including phenoxy) is 2. The van der Waals surface area contributed by atoms with Gasteiger partial charge in [-0.1, -0.05) is 0 Å². The van der Waals surface area contributed by atoms with E-state index < -0.39 is 12.8 Å². The Morgan fingerprint density at radius 3 is 2.75 bits per heavy atom. The molecule has 0 amide bonds. The molecule has 1 rings (SSSR count). The van der Waals surface area contributed by atoms with Crippen molar-refractivity contribution >= 4 is 0 Å². The third kappa shape index (κ3) is 7.03. The zero-order valence-corrected chi connectivity index (χ0v) is 9.18. The summed E-state index contributed by atoms with van der Waals surface area (Å²) in [6.45, 7) is 0.809.